The lowest BCUT2D eigenvalue weighted by Gasteiger charge is -2.23. The maximum atomic E-state index is 5.35. The summed E-state index contributed by atoms with van der Waals surface area (Å²) in [5, 5.41) is 3.81. The van der Waals surface area contributed by atoms with Crippen LogP contribution in [0.1, 0.15) is 0 Å². The van der Waals surface area contributed by atoms with E-state index in [-0.39, 0.29) is 0 Å². The largest absolute Gasteiger partial charge is 0.497 e. The third-order valence-corrected chi connectivity index (χ3v) is 2.67. The average molecular weight is 262 g/mol. The highest BCUT2D eigenvalue weighted by molar-refractivity contribution is 7.80. The van der Waals surface area contributed by atoms with E-state index < -0.39 is 0 Å². The van der Waals surface area contributed by atoms with Gasteiger partial charge in [0, 0.05) is 24.8 Å². The molecule has 1 N–H and O–H groups in total. The Balaban J connectivity index is 2.71. The lowest BCUT2D eigenvalue weighted by molar-refractivity contribution is 0.415. The minimum Gasteiger partial charge on any atom is -0.497 e. The van der Waals surface area contributed by atoms with E-state index in [1.807, 2.05) is 41.3 Å². The Bertz CT molecular complexity index is 422. The molecular formula is C14H18N2OS. The molecule has 1 aromatic carbocycles. The van der Waals surface area contributed by atoms with Gasteiger partial charge in [0.1, 0.15) is 5.75 Å². The molecule has 0 unspecified atom stereocenters. The molecule has 0 radical (unpaired) electrons. The minimum absolute atomic E-state index is 0.642. The second-order valence-corrected chi connectivity index (χ2v) is 4.03. The van der Waals surface area contributed by atoms with E-state index >= 15 is 0 Å². The third-order valence-electron chi connectivity index (χ3n) is 2.31. The number of benzene rings is 1. The molecular weight excluding hydrogens is 244 g/mol. The highest BCUT2D eigenvalue weighted by atomic mass is 32.1. The number of anilines is 1. The minimum atomic E-state index is 0.642. The Kier molecular flexibility index (Phi) is 5.94. The summed E-state index contributed by atoms with van der Waals surface area (Å²) in [7, 11) is 1.64. The first kappa shape index (κ1) is 14.3. The average Bonchev–Trinajstić information content (AvgIpc) is 2.38. The molecule has 0 bridgehead atoms. The standard InChI is InChI=1S/C14H18N2OS/c1-4-9-16(10-5-2)14(18)15-12-7-6-8-13(11-12)17-3/h4-8,11H,1-2,9-10H2,3H3,(H,15,18). The molecule has 0 heterocycles. The maximum absolute atomic E-state index is 5.35. The van der Waals surface area contributed by atoms with E-state index in [9.17, 15) is 0 Å². The van der Waals surface area contributed by atoms with Crippen molar-refractivity contribution in [2.45, 2.75) is 0 Å². The van der Waals surface area contributed by atoms with Gasteiger partial charge in [0.05, 0.1) is 7.11 Å². The molecule has 18 heavy (non-hydrogen) atoms. The predicted molar refractivity (Wildman–Crippen MR) is 81.2 cm³/mol. The fourth-order valence-corrected chi connectivity index (χ4v) is 1.72. The van der Waals surface area contributed by atoms with E-state index in [4.69, 9.17) is 17.0 Å². The van der Waals surface area contributed by atoms with Crippen LogP contribution >= 0.6 is 12.2 Å². The van der Waals surface area contributed by atoms with Crippen LogP contribution < -0.4 is 10.1 Å². The van der Waals surface area contributed by atoms with Crippen LogP contribution in [0.5, 0.6) is 5.75 Å². The summed E-state index contributed by atoms with van der Waals surface area (Å²) in [6.45, 7) is 8.80. The molecule has 0 atom stereocenters. The van der Waals surface area contributed by atoms with Gasteiger partial charge in [-0.3, -0.25) is 0 Å². The van der Waals surface area contributed by atoms with E-state index in [2.05, 4.69) is 18.5 Å². The molecule has 0 fully saturated rings. The molecule has 0 saturated carbocycles. The van der Waals surface area contributed by atoms with Gasteiger partial charge in [0.25, 0.3) is 0 Å². The van der Waals surface area contributed by atoms with Gasteiger partial charge in [-0.25, -0.2) is 0 Å². The summed E-state index contributed by atoms with van der Waals surface area (Å²) in [4.78, 5) is 1.97. The fourth-order valence-electron chi connectivity index (χ4n) is 1.46. The normalized spacial score (nSPS) is 9.39. The lowest BCUT2D eigenvalue weighted by Crippen LogP contribution is -2.34. The molecule has 0 aliphatic rings. The van der Waals surface area contributed by atoms with Crippen LogP contribution in [0, 0.1) is 0 Å². The van der Waals surface area contributed by atoms with Gasteiger partial charge in [-0.1, -0.05) is 18.2 Å². The van der Waals surface area contributed by atoms with E-state index in [1.165, 1.54) is 0 Å². The molecule has 0 saturated heterocycles. The first-order valence-electron chi connectivity index (χ1n) is 5.63. The van der Waals surface area contributed by atoms with Gasteiger partial charge in [-0.2, -0.15) is 0 Å². The lowest BCUT2D eigenvalue weighted by atomic mass is 10.3. The molecule has 1 aromatic rings. The first-order valence-corrected chi connectivity index (χ1v) is 6.04. The predicted octanol–water partition coefficient (Wildman–Crippen LogP) is 3.07. The van der Waals surface area contributed by atoms with Crippen molar-refractivity contribution in [1.82, 2.24) is 4.90 Å². The molecule has 96 valence electrons. The van der Waals surface area contributed by atoms with Crippen molar-refractivity contribution in [1.29, 1.82) is 0 Å². The van der Waals surface area contributed by atoms with Gasteiger partial charge in [-0.05, 0) is 24.4 Å². The van der Waals surface area contributed by atoms with Crippen LogP contribution in [-0.2, 0) is 0 Å². The summed E-state index contributed by atoms with van der Waals surface area (Å²) >= 11 is 5.35. The number of nitrogens with one attached hydrogen (secondary N) is 1. The molecule has 0 aliphatic heterocycles. The third kappa shape index (κ3) is 4.22. The van der Waals surface area contributed by atoms with Gasteiger partial charge in [0.2, 0.25) is 0 Å². The number of rotatable bonds is 6. The zero-order valence-corrected chi connectivity index (χ0v) is 11.4. The quantitative estimate of drug-likeness (QED) is 0.629. The van der Waals surface area contributed by atoms with Crippen LogP contribution in [0.2, 0.25) is 0 Å². The topological polar surface area (TPSA) is 24.5 Å². The zero-order chi connectivity index (χ0) is 13.4. The van der Waals surface area contributed by atoms with Crippen LogP contribution in [0.25, 0.3) is 0 Å². The van der Waals surface area contributed by atoms with Gasteiger partial charge in [0.15, 0.2) is 5.11 Å². The van der Waals surface area contributed by atoms with Gasteiger partial charge in [-0.15, -0.1) is 13.2 Å². The van der Waals surface area contributed by atoms with Gasteiger partial charge < -0.3 is 15.0 Å². The molecule has 3 nitrogen and oxygen atoms in total. The molecule has 0 aromatic heterocycles. The Morgan fingerprint density at radius 2 is 2.06 bits per heavy atom. The Morgan fingerprint density at radius 1 is 1.39 bits per heavy atom. The van der Waals surface area contributed by atoms with Crippen LogP contribution in [-0.4, -0.2) is 30.2 Å². The van der Waals surface area contributed by atoms with Crippen molar-refractivity contribution >= 4 is 23.0 Å². The summed E-state index contributed by atoms with van der Waals surface area (Å²) in [5.41, 5.74) is 0.900. The number of ether oxygens (including phenoxy) is 1. The SMILES string of the molecule is C=CCN(CC=C)C(=S)Nc1cccc(OC)c1. The highest BCUT2D eigenvalue weighted by Gasteiger charge is 2.06. The molecule has 0 amide bonds. The number of hydrogen-bond acceptors (Lipinski definition) is 2. The van der Waals surface area contributed by atoms with E-state index in [1.54, 1.807) is 7.11 Å². The smallest absolute Gasteiger partial charge is 0.173 e. The number of thiocarbonyl (C=S) groups is 1. The van der Waals surface area contributed by atoms with Crippen molar-refractivity contribution < 1.29 is 4.74 Å². The fraction of sp³-hybridized carbons (Fsp3) is 0.214. The van der Waals surface area contributed by atoms with Crippen molar-refractivity contribution in [2.24, 2.45) is 0 Å². The molecule has 1 rings (SSSR count). The van der Waals surface area contributed by atoms with Crippen LogP contribution in [0.3, 0.4) is 0 Å². The summed E-state index contributed by atoms with van der Waals surface area (Å²) in [6, 6.07) is 7.63. The Labute approximate surface area is 114 Å². The monoisotopic (exact) mass is 262 g/mol. The van der Waals surface area contributed by atoms with E-state index in [0.717, 1.165) is 11.4 Å². The number of nitrogens with zero attached hydrogens (tertiary/aromatic N) is 1. The van der Waals surface area contributed by atoms with E-state index in [0.29, 0.717) is 18.2 Å². The molecule has 0 aliphatic carbocycles. The molecule has 4 heteroatoms. The van der Waals surface area contributed by atoms with Crippen molar-refractivity contribution in [3.63, 3.8) is 0 Å². The Morgan fingerprint density at radius 3 is 2.61 bits per heavy atom. The maximum Gasteiger partial charge on any atom is 0.173 e. The highest BCUT2D eigenvalue weighted by Crippen LogP contribution is 2.17. The second kappa shape index (κ2) is 7.50. The summed E-state index contributed by atoms with van der Waals surface area (Å²) < 4.78 is 5.16. The zero-order valence-electron chi connectivity index (χ0n) is 10.6. The van der Waals surface area contributed by atoms with Gasteiger partial charge >= 0.3 is 0 Å². The second-order valence-electron chi connectivity index (χ2n) is 3.64. The van der Waals surface area contributed by atoms with Crippen molar-refractivity contribution in [3.05, 3.63) is 49.6 Å². The summed E-state index contributed by atoms with van der Waals surface area (Å²) in [5.74, 6) is 0.793. The number of hydrogen-bond donors (Lipinski definition) is 1. The van der Waals surface area contributed by atoms with Crippen molar-refractivity contribution in [3.8, 4) is 5.75 Å². The first-order chi connectivity index (χ1) is 8.71. The number of methoxy groups -OCH3 is 1. The van der Waals surface area contributed by atoms with Crippen molar-refractivity contribution in [2.75, 3.05) is 25.5 Å². The van der Waals surface area contributed by atoms with Crippen LogP contribution in [0.4, 0.5) is 5.69 Å². The van der Waals surface area contributed by atoms with Crippen LogP contribution in [0.15, 0.2) is 49.6 Å². The Hall–Kier alpha value is -1.81. The molecule has 0 spiro atoms. The summed E-state index contributed by atoms with van der Waals surface area (Å²) in [6.07, 6.45) is 3.62.